The zero-order chi connectivity index (χ0) is 55.8. The summed E-state index contributed by atoms with van der Waals surface area (Å²) in [7, 11) is 0. The number of aromatic nitrogens is 2. The van der Waals surface area contributed by atoms with Crippen LogP contribution in [0.3, 0.4) is 0 Å². The highest BCUT2D eigenvalue weighted by Gasteiger charge is 2.46. The minimum Gasteiger partial charge on any atom is -0.458 e. The number of hydrogen-bond acceptors (Lipinski definition) is 14. The summed E-state index contributed by atoms with van der Waals surface area (Å²) in [6, 6.07) is 9.85. The summed E-state index contributed by atoms with van der Waals surface area (Å²) in [5.74, 6) is -5.56. The van der Waals surface area contributed by atoms with Gasteiger partial charge in [0.2, 0.25) is 47.3 Å². The lowest BCUT2D eigenvalue weighted by Crippen LogP contribution is -2.52. The number of pyridine rings is 2. The fourth-order valence-electron chi connectivity index (χ4n) is 10.7. The lowest BCUT2D eigenvalue weighted by molar-refractivity contribution is -0.172. The number of ether oxygens (including phenoxy) is 2. The van der Waals surface area contributed by atoms with Crippen molar-refractivity contribution in [1.82, 2.24) is 46.4 Å². The number of hydrogen-bond donors (Lipinski definition) is 7. The van der Waals surface area contributed by atoms with E-state index in [2.05, 4.69) is 31.9 Å². The van der Waals surface area contributed by atoms with Crippen molar-refractivity contribution in [1.29, 1.82) is 0 Å². The van der Waals surface area contributed by atoms with Gasteiger partial charge < -0.3 is 51.0 Å². The molecule has 0 radical (unpaired) electrons. The molecule has 1 unspecified atom stereocenters. The molecule has 414 valence electrons. The van der Waals surface area contributed by atoms with Gasteiger partial charge in [-0.3, -0.25) is 48.1 Å². The highest BCUT2D eigenvalue weighted by Crippen LogP contribution is 2.46. The van der Waals surface area contributed by atoms with E-state index in [9.17, 15) is 53.1 Å². The first-order valence-corrected chi connectivity index (χ1v) is 26.4. The van der Waals surface area contributed by atoms with Crippen molar-refractivity contribution in [3.05, 3.63) is 97.6 Å². The number of nitrogens with zero attached hydrogens (tertiary/aromatic N) is 3. The summed E-state index contributed by atoms with van der Waals surface area (Å²) in [4.78, 5) is 135. The number of fused-ring (bicyclic) bond motifs is 5. The number of amides is 8. The molecule has 5 heterocycles. The molecule has 8 rings (SSSR count). The van der Waals surface area contributed by atoms with Gasteiger partial charge in [0.25, 0.3) is 5.56 Å². The molecule has 2 aromatic carbocycles. The van der Waals surface area contributed by atoms with E-state index in [1.807, 2.05) is 6.92 Å². The van der Waals surface area contributed by atoms with Gasteiger partial charge in [0.05, 0.1) is 54.7 Å². The minimum atomic E-state index is -2.05. The third-order valence-electron chi connectivity index (χ3n) is 14.8. The first-order valence-electron chi connectivity index (χ1n) is 26.4. The van der Waals surface area contributed by atoms with E-state index in [-0.39, 0.29) is 73.6 Å². The number of rotatable bonds is 24. The van der Waals surface area contributed by atoms with Crippen molar-refractivity contribution in [2.24, 2.45) is 5.92 Å². The van der Waals surface area contributed by atoms with Gasteiger partial charge in [0.1, 0.15) is 31.8 Å². The molecule has 3 aliphatic heterocycles. The Morgan fingerprint density at radius 1 is 0.885 bits per heavy atom. The van der Waals surface area contributed by atoms with E-state index >= 15 is 4.39 Å². The minimum absolute atomic E-state index is 0.0391. The highest BCUT2D eigenvalue weighted by atomic mass is 19.1. The average molecular weight is 1080 g/mol. The van der Waals surface area contributed by atoms with Crippen molar-refractivity contribution in [3.63, 3.8) is 0 Å². The van der Waals surface area contributed by atoms with E-state index < -0.39 is 97.5 Å². The van der Waals surface area contributed by atoms with Crippen molar-refractivity contribution in [2.75, 3.05) is 39.5 Å². The molecule has 1 aliphatic carbocycles. The Morgan fingerprint density at radius 3 is 2.37 bits per heavy atom. The van der Waals surface area contributed by atoms with Gasteiger partial charge in [-0.05, 0) is 73.8 Å². The van der Waals surface area contributed by atoms with Gasteiger partial charge in [0.15, 0.2) is 5.60 Å². The Balaban J connectivity index is 0.789. The third kappa shape index (κ3) is 12.3. The summed E-state index contributed by atoms with van der Waals surface area (Å²) in [5.41, 5.74) is 1.85. The molecule has 7 N–H and O–H groups in total. The molecular formula is C55H64FN9O13. The molecule has 0 saturated carbocycles. The second-order valence-corrected chi connectivity index (χ2v) is 20.0. The number of carbonyl (C=O) groups excluding carboxylic acids is 9. The average Bonchev–Trinajstić information content (AvgIpc) is 4.01. The van der Waals surface area contributed by atoms with Crippen LogP contribution in [0.25, 0.3) is 22.3 Å². The number of unbranched alkanes of at least 4 members (excludes halogenated alkanes) is 2. The van der Waals surface area contributed by atoms with Crippen LogP contribution in [0.2, 0.25) is 0 Å². The number of carbonyl (C=O) groups is 9. The maximum absolute atomic E-state index is 15.4. The summed E-state index contributed by atoms with van der Waals surface area (Å²) < 4.78 is 27.6. The van der Waals surface area contributed by atoms with E-state index in [4.69, 9.17) is 14.5 Å². The lowest BCUT2D eigenvalue weighted by atomic mass is 9.81. The fraction of sp³-hybridized carbons (Fsp3) is 0.473. The normalized spacial score (nSPS) is 18.3. The Labute approximate surface area is 447 Å². The fourth-order valence-corrected chi connectivity index (χ4v) is 10.7. The molecule has 0 bridgehead atoms. The zero-order valence-electron chi connectivity index (χ0n) is 43.8. The van der Waals surface area contributed by atoms with E-state index in [0.29, 0.717) is 89.6 Å². The number of esters is 1. The second kappa shape index (κ2) is 24.6. The molecule has 0 spiro atoms. The van der Waals surface area contributed by atoms with Crippen molar-refractivity contribution in [2.45, 2.75) is 122 Å². The van der Waals surface area contributed by atoms with Gasteiger partial charge in [-0.1, -0.05) is 57.0 Å². The van der Waals surface area contributed by atoms with Crippen LogP contribution in [0.1, 0.15) is 117 Å². The number of imide groups is 1. The number of benzene rings is 2. The molecule has 22 nitrogen and oxygen atoms in total. The number of aryl methyl sites for hydroxylation is 1. The van der Waals surface area contributed by atoms with Gasteiger partial charge in [0, 0.05) is 54.3 Å². The van der Waals surface area contributed by atoms with E-state index in [1.165, 1.54) is 15.5 Å². The van der Waals surface area contributed by atoms with Crippen molar-refractivity contribution < 1.29 is 62.1 Å². The molecular weight excluding hydrogens is 1010 g/mol. The second-order valence-electron chi connectivity index (χ2n) is 20.0. The maximum Gasteiger partial charge on any atom is 0.343 e. The largest absolute Gasteiger partial charge is 0.458 e. The molecule has 23 heteroatoms. The number of halogens is 1. The highest BCUT2D eigenvalue weighted by molar-refractivity contribution is 6.03. The summed E-state index contributed by atoms with van der Waals surface area (Å²) >= 11 is 0. The van der Waals surface area contributed by atoms with Crippen molar-refractivity contribution >= 4 is 64.1 Å². The van der Waals surface area contributed by atoms with Gasteiger partial charge in [-0.15, -0.1) is 0 Å². The van der Waals surface area contributed by atoms with Gasteiger partial charge >= 0.3 is 5.97 Å². The predicted octanol–water partition coefficient (Wildman–Crippen LogP) is 1.53. The van der Waals surface area contributed by atoms with Crippen LogP contribution in [-0.4, -0.2) is 118 Å². The molecule has 8 amide bonds. The van der Waals surface area contributed by atoms with Crippen LogP contribution < -0.4 is 37.5 Å². The van der Waals surface area contributed by atoms with Crippen LogP contribution in [0.4, 0.5) is 4.39 Å². The Kier molecular flexibility index (Phi) is 17.8. The summed E-state index contributed by atoms with van der Waals surface area (Å²) in [5, 5.41) is 27.4. The monoisotopic (exact) mass is 1080 g/mol. The predicted molar refractivity (Wildman–Crippen MR) is 277 cm³/mol. The lowest BCUT2D eigenvalue weighted by Gasteiger charge is -2.31. The number of cyclic esters (lactones) is 1. The Bertz CT molecular complexity index is 3130. The van der Waals surface area contributed by atoms with E-state index in [1.54, 1.807) is 50.2 Å². The van der Waals surface area contributed by atoms with Crippen molar-refractivity contribution in [3.8, 4) is 11.4 Å². The first kappa shape index (κ1) is 56.3. The van der Waals surface area contributed by atoms with Crippen LogP contribution in [-0.2, 0) is 84.2 Å². The number of aliphatic hydroxyl groups is 1. The third-order valence-corrected chi connectivity index (χ3v) is 14.8. The molecule has 4 aromatic rings. The molecule has 1 saturated heterocycles. The first-order chi connectivity index (χ1) is 37.4. The van der Waals surface area contributed by atoms with Gasteiger partial charge in [-0.25, -0.2) is 14.2 Å². The smallest absolute Gasteiger partial charge is 0.343 e. The Hall–Kier alpha value is -7.92. The molecule has 1 fully saturated rings. The topological polar surface area (TPSA) is 303 Å². The SMILES string of the molecule is CCCC1CC(=O)N(CCCCCC(=O)NCC(=O)NCC(=O)N[C@@H](Cc2ccccc2)C(=O)NCC(=O)NCOCC(=O)N[C@H]2CCc3c(C)c(F)cc4nc5c(c2c34)Cn2c-5cc3c(c2=O)COC(=O)[C@]3(O)CC)C1=O. The standard InChI is InChI=1S/C55H64FN9O13/c1-4-12-32-20-47(71)64(52(32)73)18-11-7-10-15-42(66)57-23-43(67)58-25-45(69)62-40(19-31-13-8-6-9-14-31)51(72)59-24-44(68)60-29-77-28-46(70)61-38-17-16-33-30(3)37(56)22-39-48(33)49(38)34-26-65-41(50(34)63-39)21-36-35(53(65)74)27-78-54(75)55(36,76)5-2/h6,8-9,13-14,21-22,32,38,40,76H,4-5,7,10-12,15-20,23-29H2,1-3H3,(H,57,66)(H,58,67)(H,59,72)(H,60,68)(H,61,70)(H,62,69)/t32?,38-,40-,55-/m0/s1. The molecule has 2 aromatic heterocycles. The zero-order valence-corrected chi connectivity index (χ0v) is 43.8. The number of likely N-dealkylation sites (tertiary alicyclic amines) is 1. The summed E-state index contributed by atoms with van der Waals surface area (Å²) in [6.45, 7) is 2.93. The van der Waals surface area contributed by atoms with Crippen LogP contribution >= 0.6 is 0 Å². The number of nitrogens with one attached hydrogen (secondary N) is 6. The molecule has 4 atom stereocenters. The van der Waals surface area contributed by atoms with Crippen LogP contribution in [0.15, 0.2) is 47.3 Å². The van der Waals surface area contributed by atoms with E-state index in [0.717, 1.165) is 12.0 Å². The van der Waals surface area contributed by atoms with Crippen LogP contribution in [0, 0.1) is 18.7 Å². The quantitative estimate of drug-likeness (QED) is 0.0200. The molecule has 4 aliphatic rings. The van der Waals surface area contributed by atoms with Gasteiger partial charge in [-0.2, -0.15) is 0 Å². The Morgan fingerprint density at radius 2 is 1.62 bits per heavy atom. The summed E-state index contributed by atoms with van der Waals surface area (Å²) in [6.07, 6.45) is 4.26. The molecule has 78 heavy (non-hydrogen) atoms. The van der Waals surface area contributed by atoms with Crippen LogP contribution in [0.5, 0.6) is 0 Å². The maximum atomic E-state index is 15.4.